The number of nitrogens with zero attached hydrogens (tertiary/aromatic N) is 1. The van der Waals surface area contributed by atoms with Crippen LogP contribution in [0.2, 0.25) is 5.02 Å². The standard InChI is InChI=1S/C18H16ClF3N2O4S/c19-15-6-5-12(11-14(15)18(20,21)22)23-17(25)13-3-1-2-4-16(13)29(26,27)24-7-9-28-10-8-24/h1-6,11H,7-10H2,(H,23,25). The van der Waals surface area contributed by atoms with E-state index >= 15 is 0 Å². The Morgan fingerprint density at radius 3 is 2.41 bits per heavy atom. The van der Waals surface area contributed by atoms with Gasteiger partial charge in [0.15, 0.2) is 0 Å². The van der Waals surface area contributed by atoms with Crippen LogP contribution in [0.1, 0.15) is 15.9 Å². The van der Waals surface area contributed by atoms with Gasteiger partial charge in [0.1, 0.15) is 0 Å². The molecule has 1 aliphatic heterocycles. The van der Waals surface area contributed by atoms with Gasteiger partial charge in [-0.25, -0.2) is 8.42 Å². The second-order valence-corrected chi connectivity index (χ2v) is 8.47. The van der Waals surface area contributed by atoms with Crippen LogP contribution in [0, 0.1) is 0 Å². The number of carbonyl (C=O) groups excluding carboxylic acids is 1. The van der Waals surface area contributed by atoms with Gasteiger partial charge in [-0.3, -0.25) is 4.79 Å². The van der Waals surface area contributed by atoms with Crippen molar-refractivity contribution in [1.29, 1.82) is 0 Å². The van der Waals surface area contributed by atoms with Gasteiger partial charge in [0.05, 0.1) is 34.3 Å². The second-order valence-electron chi connectivity index (χ2n) is 6.16. The molecule has 2 aromatic carbocycles. The van der Waals surface area contributed by atoms with E-state index in [0.29, 0.717) is 6.07 Å². The molecule has 0 bridgehead atoms. The van der Waals surface area contributed by atoms with Crippen LogP contribution < -0.4 is 5.32 Å². The van der Waals surface area contributed by atoms with Gasteiger partial charge in [0.25, 0.3) is 5.91 Å². The molecule has 156 valence electrons. The lowest BCUT2D eigenvalue weighted by Gasteiger charge is -2.26. The number of rotatable bonds is 4. The van der Waals surface area contributed by atoms with Crippen LogP contribution in [-0.4, -0.2) is 44.9 Å². The summed E-state index contributed by atoms with van der Waals surface area (Å²) >= 11 is 5.58. The molecule has 1 fully saturated rings. The highest BCUT2D eigenvalue weighted by Crippen LogP contribution is 2.36. The molecule has 0 aromatic heterocycles. The number of halogens is 4. The molecule has 6 nitrogen and oxygen atoms in total. The van der Waals surface area contributed by atoms with Crippen LogP contribution in [0.25, 0.3) is 0 Å². The first kappa shape index (κ1) is 21.6. The molecule has 0 radical (unpaired) electrons. The highest BCUT2D eigenvalue weighted by atomic mass is 35.5. The van der Waals surface area contributed by atoms with E-state index in [9.17, 15) is 26.4 Å². The van der Waals surface area contributed by atoms with E-state index in [-0.39, 0.29) is 42.4 Å². The predicted octanol–water partition coefficient (Wildman–Crippen LogP) is 3.63. The predicted molar refractivity (Wildman–Crippen MR) is 100 cm³/mol. The SMILES string of the molecule is O=C(Nc1ccc(Cl)c(C(F)(F)F)c1)c1ccccc1S(=O)(=O)N1CCOCC1. The van der Waals surface area contributed by atoms with Gasteiger partial charge >= 0.3 is 6.18 Å². The summed E-state index contributed by atoms with van der Waals surface area (Å²) in [6.45, 7) is 0.756. The van der Waals surface area contributed by atoms with E-state index < -0.39 is 32.7 Å². The summed E-state index contributed by atoms with van der Waals surface area (Å²) in [5.74, 6) is -0.854. The highest BCUT2D eigenvalue weighted by Gasteiger charge is 2.34. The summed E-state index contributed by atoms with van der Waals surface area (Å²) in [5.41, 5.74) is -1.45. The Kier molecular flexibility index (Phi) is 6.18. The lowest BCUT2D eigenvalue weighted by Crippen LogP contribution is -2.41. The van der Waals surface area contributed by atoms with Gasteiger partial charge in [-0.1, -0.05) is 23.7 Å². The van der Waals surface area contributed by atoms with Crippen molar-refractivity contribution in [3.63, 3.8) is 0 Å². The molecule has 11 heteroatoms. The van der Waals surface area contributed by atoms with Gasteiger partial charge in [-0.2, -0.15) is 17.5 Å². The molecule has 3 rings (SSSR count). The van der Waals surface area contributed by atoms with Crippen molar-refractivity contribution in [2.75, 3.05) is 31.6 Å². The van der Waals surface area contributed by atoms with Gasteiger partial charge in [0.2, 0.25) is 10.0 Å². The van der Waals surface area contributed by atoms with E-state index in [1.807, 2.05) is 0 Å². The van der Waals surface area contributed by atoms with Crippen LogP contribution in [0.4, 0.5) is 18.9 Å². The molecule has 29 heavy (non-hydrogen) atoms. The van der Waals surface area contributed by atoms with Crippen molar-refractivity contribution in [3.05, 3.63) is 58.6 Å². The minimum atomic E-state index is -4.70. The third kappa shape index (κ3) is 4.72. The molecule has 0 unspecified atom stereocenters. The van der Waals surface area contributed by atoms with E-state index in [1.165, 1.54) is 34.6 Å². The Labute approximate surface area is 170 Å². The number of hydrogen-bond acceptors (Lipinski definition) is 4. The maximum atomic E-state index is 13.0. The van der Waals surface area contributed by atoms with Crippen LogP contribution in [-0.2, 0) is 20.9 Å². The van der Waals surface area contributed by atoms with Crippen LogP contribution in [0.15, 0.2) is 47.4 Å². The molecule has 1 aliphatic rings. The third-order valence-electron chi connectivity index (χ3n) is 4.25. The number of hydrogen-bond donors (Lipinski definition) is 1. The first-order chi connectivity index (χ1) is 13.6. The van der Waals surface area contributed by atoms with Crippen molar-refractivity contribution < 1.29 is 31.1 Å². The van der Waals surface area contributed by atoms with E-state index in [1.54, 1.807) is 0 Å². The first-order valence-corrected chi connectivity index (χ1v) is 10.3. The minimum Gasteiger partial charge on any atom is -0.379 e. The number of carbonyl (C=O) groups is 1. The maximum Gasteiger partial charge on any atom is 0.417 e. The average molecular weight is 449 g/mol. The van der Waals surface area contributed by atoms with Crippen molar-refractivity contribution in [2.24, 2.45) is 0 Å². The van der Waals surface area contributed by atoms with Crippen LogP contribution in [0.3, 0.4) is 0 Å². The van der Waals surface area contributed by atoms with Gasteiger partial charge in [-0.15, -0.1) is 0 Å². The van der Waals surface area contributed by atoms with Gasteiger partial charge in [-0.05, 0) is 30.3 Å². The quantitative estimate of drug-likeness (QED) is 0.775. The molecular formula is C18H16ClF3N2O4S. The topological polar surface area (TPSA) is 75.7 Å². The number of morpholine rings is 1. The lowest BCUT2D eigenvalue weighted by molar-refractivity contribution is -0.137. The number of ether oxygens (including phenoxy) is 1. The molecule has 1 amide bonds. The Balaban J connectivity index is 1.92. The Bertz CT molecular complexity index is 1020. The number of anilines is 1. The summed E-state index contributed by atoms with van der Waals surface area (Å²) in [7, 11) is -3.98. The molecule has 0 spiro atoms. The zero-order valence-corrected chi connectivity index (χ0v) is 16.4. The van der Waals surface area contributed by atoms with Crippen LogP contribution in [0.5, 0.6) is 0 Å². The minimum absolute atomic E-state index is 0.143. The fourth-order valence-electron chi connectivity index (χ4n) is 2.82. The van der Waals surface area contributed by atoms with Gasteiger partial charge < -0.3 is 10.1 Å². The number of benzene rings is 2. The smallest absolute Gasteiger partial charge is 0.379 e. The van der Waals surface area contributed by atoms with E-state index in [4.69, 9.17) is 16.3 Å². The van der Waals surface area contributed by atoms with E-state index in [0.717, 1.165) is 6.07 Å². The molecule has 0 aliphatic carbocycles. The van der Waals surface area contributed by atoms with E-state index in [2.05, 4.69) is 5.32 Å². The molecule has 2 aromatic rings. The summed E-state index contributed by atoms with van der Waals surface area (Å²) in [5, 5.41) is 1.80. The fourth-order valence-corrected chi connectivity index (χ4v) is 4.65. The number of alkyl halides is 3. The zero-order chi connectivity index (χ0) is 21.2. The highest BCUT2D eigenvalue weighted by molar-refractivity contribution is 7.89. The molecular weight excluding hydrogens is 433 g/mol. The Hall–Kier alpha value is -2.14. The Morgan fingerprint density at radius 2 is 1.76 bits per heavy atom. The second kappa shape index (κ2) is 8.31. The molecule has 1 heterocycles. The molecule has 0 atom stereocenters. The maximum absolute atomic E-state index is 13.0. The third-order valence-corrected chi connectivity index (χ3v) is 6.54. The zero-order valence-electron chi connectivity index (χ0n) is 14.9. The average Bonchev–Trinajstić information content (AvgIpc) is 2.69. The number of nitrogens with one attached hydrogen (secondary N) is 1. The summed E-state index contributed by atoms with van der Waals surface area (Å²) in [6.07, 6.45) is -4.70. The van der Waals surface area contributed by atoms with Crippen molar-refractivity contribution in [2.45, 2.75) is 11.1 Å². The van der Waals surface area contributed by atoms with Crippen molar-refractivity contribution in [1.82, 2.24) is 4.31 Å². The van der Waals surface area contributed by atoms with Gasteiger partial charge in [0, 0.05) is 18.8 Å². The monoisotopic (exact) mass is 448 g/mol. The largest absolute Gasteiger partial charge is 0.417 e. The van der Waals surface area contributed by atoms with Crippen molar-refractivity contribution >= 4 is 33.2 Å². The first-order valence-electron chi connectivity index (χ1n) is 8.46. The molecule has 1 saturated heterocycles. The summed E-state index contributed by atoms with van der Waals surface area (Å²) < 4.78 is 71.3. The summed E-state index contributed by atoms with van der Waals surface area (Å²) in [6, 6.07) is 8.42. The van der Waals surface area contributed by atoms with Crippen LogP contribution >= 0.6 is 11.6 Å². The molecule has 1 N–H and O–H groups in total. The summed E-state index contributed by atoms with van der Waals surface area (Å²) in [4.78, 5) is 12.4. The van der Waals surface area contributed by atoms with Crippen molar-refractivity contribution in [3.8, 4) is 0 Å². The fraction of sp³-hybridized carbons (Fsp3) is 0.278. The number of sulfonamides is 1. The lowest BCUT2D eigenvalue weighted by atomic mass is 10.1. The molecule has 0 saturated carbocycles. The normalized spacial score (nSPS) is 15.9. The Morgan fingerprint density at radius 1 is 1.10 bits per heavy atom. The number of amides is 1.